The first-order valence-electron chi connectivity index (χ1n) is 10.3. The minimum atomic E-state index is -0.758. The zero-order valence-corrected chi connectivity index (χ0v) is 20.8. The minimum Gasteiger partial charge on any atom is -0.460 e. The van der Waals surface area contributed by atoms with Crippen molar-refractivity contribution in [3.05, 3.63) is 0 Å². The number of hydrogen-bond acceptors (Lipinski definition) is 5. The Labute approximate surface area is 182 Å². The fraction of sp³-hybridized carbons (Fsp3) is 0.864. The van der Waals surface area contributed by atoms with E-state index < -0.39 is 23.7 Å². The van der Waals surface area contributed by atoms with Crippen molar-refractivity contribution in [2.45, 2.75) is 99.3 Å². The number of amides is 1. The Balaban J connectivity index is 4.99. The van der Waals surface area contributed by atoms with Crippen LogP contribution < -0.4 is 0 Å². The SMILES string of the molecule is CC(CCC(C)C(=O)S)CC(OC(=O)C(C)N(C)C(=O)OC(C)(C)C)C(C)(C)C. The van der Waals surface area contributed by atoms with Crippen molar-refractivity contribution in [2.75, 3.05) is 7.05 Å². The standard InChI is InChI=1S/C22H41NO5S/c1-14(11-12-15(2)19(25)29)13-17(21(4,5)6)27-18(24)16(3)23(10)20(26)28-22(7,8)9/h14-17H,11-13H2,1-10H3,(H,25,29). The second-order valence-electron chi connectivity index (χ2n) is 10.2. The van der Waals surface area contributed by atoms with E-state index in [0.717, 1.165) is 12.8 Å². The zero-order chi connectivity index (χ0) is 23.2. The number of carbonyl (C=O) groups is 3. The van der Waals surface area contributed by atoms with Gasteiger partial charge in [-0.2, -0.15) is 0 Å². The molecule has 29 heavy (non-hydrogen) atoms. The molecule has 6 nitrogen and oxygen atoms in total. The van der Waals surface area contributed by atoms with E-state index in [1.54, 1.807) is 27.7 Å². The minimum absolute atomic E-state index is 0.0843. The van der Waals surface area contributed by atoms with Crippen molar-refractivity contribution < 1.29 is 23.9 Å². The van der Waals surface area contributed by atoms with Crippen LogP contribution in [-0.2, 0) is 19.1 Å². The maximum absolute atomic E-state index is 12.7. The van der Waals surface area contributed by atoms with Crippen LogP contribution in [0.2, 0.25) is 0 Å². The van der Waals surface area contributed by atoms with Crippen LogP contribution in [-0.4, -0.2) is 46.9 Å². The van der Waals surface area contributed by atoms with E-state index in [0.29, 0.717) is 6.42 Å². The average Bonchev–Trinajstić information content (AvgIpc) is 2.54. The highest BCUT2D eigenvalue weighted by atomic mass is 32.1. The van der Waals surface area contributed by atoms with Crippen LogP contribution >= 0.6 is 12.6 Å². The lowest BCUT2D eigenvalue weighted by Gasteiger charge is -2.34. The van der Waals surface area contributed by atoms with Gasteiger partial charge in [0, 0.05) is 13.0 Å². The van der Waals surface area contributed by atoms with Gasteiger partial charge < -0.3 is 9.47 Å². The normalized spacial score (nSPS) is 16.4. The second kappa shape index (κ2) is 11.2. The monoisotopic (exact) mass is 431 g/mol. The van der Waals surface area contributed by atoms with Crippen LogP contribution in [0.1, 0.15) is 81.6 Å². The highest BCUT2D eigenvalue weighted by Crippen LogP contribution is 2.30. The van der Waals surface area contributed by atoms with Crippen molar-refractivity contribution >= 4 is 29.8 Å². The summed E-state index contributed by atoms with van der Waals surface area (Å²) in [7, 11) is 1.53. The average molecular weight is 432 g/mol. The molecule has 0 radical (unpaired) electrons. The van der Waals surface area contributed by atoms with Gasteiger partial charge in [-0.15, -0.1) is 12.6 Å². The van der Waals surface area contributed by atoms with Gasteiger partial charge in [-0.1, -0.05) is 34.6 Å². The Morgan fingerprint density at radius 3 is 1.90 bits per heavy atom. The van der Waals surface area contributed by atoms with Gasteiger partial charge in [-0.3, -0.25) is 9.69 Å². The van der Waals surface area contributed by atoms with E-state index in [9.17, 15) is 14.4 Å². The summed E-state index contributed by atoms with van der Waals surface area (Å²) >= 11 is 3.89. The topological polar surface area (TPSA) is 72.9 Å². The summed E-state index contributed by atoms with van der Waals surface area (Å²) in [5.41, 5.74) is -0.886. The Morgan fingerprint density at radius 1 is 0.966 bits per heavy atom. The molecule has 4 unspecified atom stereocenters. The van der Waals surface area contributed by atoms with E-state index in [1.165, 1.54) is 11.9 Å². The molecule has 0 aromatic rings. The van der Waals surface area contributed by atoms with Gasteiger partial charge in [0.1, 0.15) is 17.7 Å². The summed E-state index contributed by atoms with van der Waals surface area (Å²) in [5, 5.41) is -0.102. The number of esters is 1. The molecule has 170 valence electrons. The van der Waals surface area contributed by atoms with Crippen molar-refractivity contribution in [1.29, 1.82) is 0 Å². The summed E-state index contributed by atoms with van der Waals surface area (Å²) in [4.78, 5) is 37.5. The predicted octanol–water partition coefficient (Wildman–Crippen LogP) is 5.10. The quantitative estimate of drug-likeness (QED) is 0.406. The number of likely N-dealkylation sites (N-methyl/N-ethyl adjacent to an activating group) is 1. The van der Waals surface area contributed by atoms with Gasteiger partial charge in [-0.25, -0.2) is 9.59 Å². The number of thiol groups is 1. The number of hydrogen-bond donors (Lipinski definition) is 1. The summed E-state index contributed by atoms with van der Waals surface area (Å²) in [6, 6.07) is -0.758. The lowest BCUT2D eigenvalue weighted by molar-refractivity contribution is -0.161. The van der Waals surface area contributed by atoms with Gasteiger partial charge in [0.05, 0.1) is 0 Å². The number of ether oxygens (including phenoxy) is 2. The molecule has 0 N–H and O–H groups in total. The molecule has 0 bridgehead atoms. The highest BCUT2D eigenvalue weighted by molar-refractivity contribution is 7.96. The molecule has 0 spiro atoms. The molecule has 0 aliphatic carbocycles. The maximum atomic E-state index is 12.7. The van der Waals surface area contributed by atoms with Crippen molar-refractivity contribution in [2.24, 2.45) is 17.3 Å². The molecule has 7 heteroatoms. The molecule has 0 fully saturated rings. The van der Waals surface area contributed by atoms with Crippen LogP contribution in [0.15, 0.2) is 0 Å². The molecule has 4 atom stereocenters. The fourth-order valence-corrected chi connectivity index (χ4v) is 2.74. The van der Waals surface area contributed by atoms with Gasteiger partial charge in [0.15, 0.2) is 5.12 Å². The molecular formula is C22H41NO5S. The highest BCUT2D eigenvalue weighted by Gasteiger charge is 2.34. The Morgan fingerprint density at radius 2 is 1.48 bits per heavy atom. The van der Waals surface area contributed by atoms with Crippen molar-refractivity contribution in [1.82, 2.24) is 4.90 Å². The summed E-state index contributed by atoms with van der Waals surface area (Å²) < 4.78 is 11.2. The van der Waals surface area contributed by atoms with Crippen molar-refractivity contribution in [3.8, 4) is 0 Å². The maximum Gasteiger partial charge on any atom is 0.410 e. The van der Waals surface area contributed by atoms with E-state index in [1.807, 2.05) is 27.7 Å². The van der Waals surface area contributed by atoms with Crippen molar-refractivity contribution in [3.63, 3.8) is 0 Å². The van der Waals surface area contributed by atoms with Crippen LogP contribution in [0, 0.1) is 17.3 Å². The van der Waals surface area contributed by atoms with Gasteiger partial charge in [0.25, 0.3) is 0 Å². The van der Waals surface area contributed by atoms with Crippen LogP contribution in [0.25, 0.3) is 0 Å². The molecule has 0 aromatic carbocycles. The molecule has 0 aliphatic rings. The summed E-state index contributed by atoms with van der Waals surface area (Å²) in [5.74, 6) is -0.260. The van der Waals surface area contributed by atoms with Crippen LogP contribution in [0.3, 0.4) is 0 Å². The Hall–Kier alpha value is -1.24. The first kappa shape index (κ1) is 27.8. The molecule has 0 saturated carbocycles. The number of carbonyl (C=O) groups excluding carboxylic acids is 3. The third-order valence-corrected chi connectivity index (χ3v) is 5.40. The third-order valence-electron chi connectivity index (χ3n) is 4.96. The zero-order valence-electron chi connectivity index (χ0n) is 19.9. The van der Waals surface area contributed by atoms with Crippen LogP contribution in [0.4, 0.5) is 4.79 Å². The van der Waals surface area contributed by atoms with Gasteiger partial charge >= 0.3 is 12.1 Å². The first-order valence-corrected chi connectivity index (χ1v) is 10.8. The Bertz CT molecular complexity index is 565. The molecule has 0 heterocycles. The number of nitrogens with zero attached hydrogens (tertiary/aromatic N) is 1. The second-order valence-corrected chi connectivity index (χ2v) is 10.7. The summed E-state index contributed by atoms with van der Waals surface area (Å²) in [6.45, 7) is 17.0. The fourth-order valence-electron chi connectivity index (χ4n) is 2.61. The largest absolute Gasteiger partial charge is 0.460 e. The summed E-state index contributed by atoms with van der Waals surface area (Å²) in [6.07, 6.45) is 1.43. The van der Waals surface area contributed by atoms with Gasteiger partial charge in [-0.05, 0) is 58.3 Å². The molecule has 0 saturated heterocycles. The van der Waals surface area contributed by atoms with E-state index >= 15 is 0 Å². The molecule has 0 rings (SSSR count). The van der Waals surface area contributed by atoms with Gasteiger partial charge in [0.2, 0.25) is 0 Å². The smallest absolute Gasteiger partial charge is 0.410 e. The molecule has 0 aromatic heterocycles. The van der Waals surface area contributed by atoms with E-state index in [4.69, 9.17) is 9.47 Å². The Kier molecular flexibility index (Phi) is 10.8. The lowest BCUT2D eigenvalue weighted by atomic mass is 9.82. The molecule has 1 amide bonds. The van der Waals surface area contributed by atoms with E-state index in [2.05, 4.69) is 19.6 Å². The predicted molar refractivity (Wildman–Crippen MR) is 119 cm³/mol. The third kappa shape index (κ3) is 10.9. The lowest BCUT2D eigenvalue weighted by Crippen LogP contribution is -2.46. The first-order chi connectivity index (χ1) is 13.0. The van der Waals surface area contributed by atoms with Crippen LogP contribution in [0.5, 0.6) is 0 Å². The van der Waals surface area contributed by atoms with E-state index in [-0.39, 0.29) is 28.5 Å². The number of rotatable bonds is 9. The molecule has 0 aliphatic heterocycles. The molecular weight excluding hydrogens is 390 g/mol.